The van der Waals surface area contributed by atoms with Crippen LogP contribution in [-0.2, 0) is 9.84 Å². The molecule has 0 aliphatic carbocycles. The second-order valence-corrected chi connectivity index (χ2v) is 8.54. The number of rotatable bonds is 6. The van der Waals surface area contributed by atoms with E-state index in [0.29, 0.717) is 19.2 Å². The molecular weight excluding hydrogens is 367 g/mol. The number of likely N-dealkylation sites (tertiary alicyclic amines) is 1. The first kappa shape index (κ1) is 18.9. The molecule has 1 unspecified atom stereocenters. The third kappa shape index (κ3) is 4.25. The molecule has 0 radical (unpaired) electrons. The molecule has 1 aliphatic rings. The van der Waals surface area contributed by atoms with Gasteiger partial charge in [0.05, 0.1) is 16.8 Å². The predicted molar refractivity (Wildman–Crippen MR) is 89.7 cm³/mol. The molecule has 2 aromatic rings. The average molecular weight is 385 g/mol. The van der Waals surface area contributed by atoms with Gasteiger partial charge in [-0.05, 0) is 36.2 Å². The van der Waals surface area contributed by atoms with Crippen LogP contribution in [0, 0.1) is 23.4 Å². The summed E-state index contributed by atoms with van der Waals surface area (Å²) in [7, 11) is -3.51. The summed E-state index contributed by atoms with van der Waals surface area (Å²) in [6, 6.07) is 7.68. The lowest BCUT2D eigenvalue weighted by Gasteiger charge is -2.40. The molecule has 1 N–H and O–H groups in total. The zero-order valence-electron chi connectivity index (χ0n) is 13.8. The highest BCUT2D eigenvalue weighted by atomic mass is 32.2. The average Bonchev–Trinajstić information content (AvgIpc) is 2.53. The molecule has 8 heteroatoms. The molecule has 0 spiro atoms. The van der Waals surface area contributed by atoms with Gasteiger partial charge in [0, 0.05) is 31.3 Å². The quantitative estimate of drug-likeness (QED) is 0.777. The summed E-state index contributed by atoms with van der Waals surface area (Å²) in [5, 5.41) is 10.1. The Morgan fingerprint density at radius 3 is 2.27 bits per heavy atom. The second-order valence-electron chi connectivity index (χ2n) is 6.50. The number of hydrogen-bond acceptors (Lipinski definition) is 4. The van der Waals surface area contributed by atoms with Crippen LogP contribution in [0.15, 0.2) is 47.4 Å². The summed E-state index contributed by atoms with van der Waals surface area (Å²) in [6.07, 6.45) is -1.12. The maximum absolute atomic E-state index is 13.7. The Labute approximate surface area is 149 Å². The Balaban J connectivity index is 1.53. The fourth-order valence-electron chi connectivity index (χ4n) is 3.09. The van der Waals surface area contributed by atoms with Gasteiger partial charge in [-0.1, -0.05) is 6.07 Å². The zero-order chi connectivity index (χ0) is 18.9. The smallest absolute Gasteiger partial charge is 0.178 e. The van der Waals surface area contributed by atoms with E-state index in [1.165, 1.54) is 18.2 Å². The number of hydrogen-bond donors (Lipinski definition) is 1. The fraction of sp³-hybridized carbons (Fsp3) is 0.333. The Hall–Kier alpha value is -1.90. The summed E-state index contributed by atoms with van der Waals surface area (Å²) in [4.78, 5) is 1.88. The number of aliphatic hydroxyl groups excluding tert-OH is 1. The van der Waals surface area contributed by atoms with Crippen molar-refractivity contribution in [3.63, 3.8) is 0 Å². The SMILES string of the molecule is O=S(=O)(CC1CN(CC(O)c2ccc(F)cc2F)C1)c1ccc(F)cc1. The maximum Gasteiger partial charge on any atom is 0.178 e. The van der Waals surface area contributed by atoms with Gasteiger partial charge in [0.2, 0.25) is 0 Å². The van der Waals surface area contributed by atoms with Crippen LogP contribution < -0.4 is 0 Å². The number of aliphatic hydroxyl groups is 1. The number of sulfone groups is 1. The van der Waals surface area contributed by atoms with E-state index in [0.717, 1.165) is 18.2 Å². The summed E-state index contributed by atoms with van der Waals surface area (Å²) in [5.74, 6) is -2.21. The number of β-amino-alcohol motifs (C(OH)–C–C–N with tert-alkyl or cyclic N) is 1. The highest BCUT2D eigenvalue weighted by Gasteiger charge is 2.33. The molecule has 3 rings (SSSR count). The zero-order valence-corrected chi connectivity index (χ0v) is 14.6. The Morgan fingerprint density at radius 1 is 1.04 bits per heavy atom. The van der Waals surface area contributed by atoms with Crippen LogP contribution in [0.1, 0.15) is 11.7 Å². The molecule has 2 aromatic carbocycles. The van der Waals surface area contributed by atoms with E-state index in [9.17, 15) is 26.7 Å². The van der Waals surface area contributed by atoms with Crippen molar-refractivity contribution in [2.24, 2.45) is 5.92 Å². The summed E-state index contributed by atoms with van der Waals surface area (Å²) >= 11 is 0. The van der Waals surface area contributed by atoms with Crippen molar-refractivity contribution in [1.29, 1.82) is 0 Å². The molecule has 0 amide bonds. The Kier molecular flexibility index (Phi) is 5.36. The van der Waals surface area contributed by atoms with Crippen LogP contribution >= 0.6 is 0 Å². The minimum atomic E-state index is -3.51. The second kappa shape index (κ2) is 7.38. The lowest BCUT2D eigenvalue weighted by atomic mass is 10.0. The minimum absolute atomic E-state index is 0.00813. The molecule has 1 atom stereocenters. The molecule has 0 saturated carbocycles. The van der Waals surface area contributed by atoms with Crippen LogP contribution in [0.25, 0.3) is 0 Å². The molecule has 1 fully saturated rings. The standard InChI is InChI=1S/C18H18F3NO3S/c19-13-1-4-15(5-2-13)26(24,25)11-12-8-22(9-12)10-18(23)16-6-3-14(20)7-17(16)21/h1-7,12,18,23H,8-11H2. The van der Waals surface area contributed by atoms with Crippen LogP contribution in [0.3, 0.4) is 0 Å². The van der Waals surface area contributed by atoms with Gasteiger partial charge in [-0.2, -0.15) is 0 Å². The van der Waals surface area contributed by atoms with Gasteiger partial charge < -0.3 is 5.11 Å². The first-order chi connectivity index (χ1) is 12.2. The van der Waals surface area contributed by atoms with Crippen molar-refractivity contribution < 1.29 is 26.7 Å². The van der Waals surface area contributed by atoms with Gasteiger partial charge in [-0.25, -0.2) is 21.6 Å². The third-order valence-corrected chi connectivity index (χ3v) is 6.31. The van der Waals surface area contributed by atoms with Gasteiger partial charge in [0.25, 0.3) is 0 Å². The Bertz CT molecular complexity index is 881. The monoisotopic (exact) mass is 385 g/mol. The normalized spacial score (nSPS) is 17.1. The van der Waals surface area contributed by atoms with E-state index in [2.05, 4.69) is 0 Å². The van der Waals surface area contributed by atoms with Gasteiger partial charge in [-0.3, -0.25) is 4.90 Å². The molecule has 1 saturated heterocycles. The molecule has 1 aliphatic heterocycles. The van der Waals surface area contributed by atoms with E-state index in [1.54, 1.807) is 4.90 Å². The van der Waals surface area contributed by atoms with Gasteiger partial charge >= 0.3 is 0 Å². The lowest BCUT2D eigenvalue weighted by molar-refractivity contribution is 0.0460. The molecule has 140 valence electrons. The molecular formula is C18H18F3NO3S. The third-order valence-electron chi connectivity index (χ3n) is 4.41. The van der Waals surface area contributed by atoms with E-state index in [4.69, 9.17) is 0 Å². The Morgan fingerprint density at radius 2 is 1.65 bits per heavy atom. The summed E-state index contributed by atoms with van der Waals surface area (Å²) < 4.78 is 64.1. The van der Waals surface area contributed by atoms with Crippen molar-refractivity contribution in [2.75, 3.05) is 25.4 Å². The van der Waals surface area contributed by atoms with Crippen LogP contribution in [0.4, 0.5) is 13.2 Å². The van der Waals surface area contributed by atoms with Crippen LogP contribution in [0.2, 0.25) is 0 Å². The van der Waals surface area contributed by atoms with Crippen molar-refractivity contribution in [3.8, 4) is 0 Å². The number of halogens is 3. The van der Waals surface area contributed by atoms with E-state index >= 15 is 0 Å². The largest absolute Gasteiger partial charge is 0.387 e. The molecule has 0 aromatic heterocycles. The molecule has 26 heavy (non-hydrogen) atoms. The number of benzene rings is 2. The van der Waals surface area contributed by atoms with Gasteiger partial charge in [-0.15, -0.1) is 0 Å². The van der Waals surface area contributed by atoms with E-state index in [1.807, 2.05) is 0 Å². The summed E-state index contributed by atoms with van der Waals surface area (Å²) in [6.45, 7) is 1.02. The van der Waals surface area contributed by atoms with E-state index in [-0.39, 0.29) is 28.7 Å². The fourth-order valence-corrected chi connectivity index (χ4v) is 4.67. The van der Waals surface area contributed by atoms with Crippen molar-refractivity contribution in [3.05, 3.63) is 65.5 Å². The van der Waals surface area contributed by atoms with Crippen molar-refractivity contribution in [1.82, 2.24) is 4.90 Å². The molecule has 4 nitrogen and oxygen atoms in total. The van der Waals surface area contributed by atoms with Crippen LogP contribution in [-0.4, -0.2) is 43.8 Å². The first-order valence-corrected chi connectivity index (χ1v) is 9.73. The van der Waals surface area contributed by atoms with Crippen LogP contribution in [0.5, 0.6) is 0 Å². The first-order valence-electron chi connectivity index (χ1n) is 8.08. The van der Waals surface area contributed by atoms with Crippen molar-refractivity contribution in [2.45, 2.75) is 11.0 Å². The topological polar surface area (TPSA) is 57.6 Å². The molecule has 0 bridgehead atoms. The highest BCUT2D eigenvalue weighted by molar-refractivity contribution is 7.91. The van der Waals surface area contributed by atoms with E-state index < -0.39 is 33.4 Å². The van der Waals surface area contributed by atoms with Gasteiger partial charge in [0.15, 0.2) is 9.84 Å². The lowest BCUT2D eigenvalue weighted by Crippen LogP contribution is -2.50. The number of nitrogens with zero attached hydrogens (tertiary/aromatic N) is 1. The van der Waals surface area contributed by atoms with Crippen molar-refractivity contribution >= 4 is 9.84 Å². The molecule has 1 heterocycles. The maximum atomic E-state index is 13.7. The predicted octanol–water partition coefficient (Wildman–Crippen LogP) is 2.54. The highest BCUT2D eigenvalue weighted by Crippen LogP contribution is 2.25. The summed E-state index contributed by atoms with van der Waals surface area (Å²) in [5.41, 5.74) is 0.00813. The minimum Gasteiger partial charge on any atom is -0.387 e. The van der Waals surface area contributed by atoms with Gasteiger partial charge in [0.1, 0.15) is 17.5 Å².